The number of aromatic nitrogens is 3. The van der Waals surface area contributed by atoms with Crippen molar-refractivity contribution >= 4 is 40.5 Å². The Morgan fingerprint density at radius 2 is 1.88 bits per heavy atom. The molecule has 9 nitrogen and oxygen atoms in total. The number of benzene rings is 1. The number of amides is 1. The summed E-state index contributed by atoms with van der Waals surface area (Å²) in [6, 6.07) is 6.94. The molecule has 1 aliphatic heterocycles. The summed E-state index contributed by atoms with van der Waals surface area (Å²) in [6.07, 6.45) is 4.03. The monoisotopic (exact) mass is 458 g/mol. The van der Waals surface area contributed by atoms with E-state index in [1.807, 2.05) is 0 Å². The molecule has 1 fully saturated rings. The summed E-state index contributed by atoms with van der Waals surface area (Å²) < 4.78 is 11.4. The Morgan fingerprint density at radius 3 is 2.59 bits per heavy atom. The standard InChI is InChI=1S/C22H27ClN6O3/c1-2-3-4-5-17-25-19-20(26-22(24)27-21(19)32-17)29-12-10-28(11-13-29)18(30)14-31-16-8-6-15(23)7-9-16/h6-9H,2-5,10-14H2,1H3,(H2,24,26,27). The predicted octanol–water partition coefficient (Wildman–Crippen LogP) is 3.31. The lowest BCUT2D eigenvalue weighted by atomic mass is 10.2. The first-order chi connectivity index (χ1) is 15.5. The lowest BCUT2D eigenvalue weighted by Crippen LogP contribution is -2.50. The average Bonchev–Trinajstić information content (AvgIpc) is 3.21. The number of rotatable bonds is 8. The van der Waals surface area contributed by atoms with Gasteiger partial charge in [0, 0.05) is 37.6 Å². The van der Waals surface area contributed by atoms with Crippen LogP contribution in [-0.2, 0) is 11.2 Å². The number of nitrogens with two attached hydrogens (primary N) is 1. The predicted molar refractivity (Wildman–Crippen MR) is 123 cm³/mol. The van der Waals surface area contributed by atoms with Gasteiger partial charge in [-0.2, -0.15) is 9.97 Å². The summed E-state index contributed by atoms with van der Waals surface area (Å²) >= 11 is 5.87. The van der Waals surface area contributed by atoms with Gasteiger partial charge in [-0.05, 0) is 30.7 Å². The number of halogens is 1. The summed E-state index contributed by atoms with van der Waals surface area (Å²) in [5.74, 6) is 2.01. The number of aryl methyl sites for hydroxylation is 1. The molecule has 2 aromatic heterocycles. The molecule has 3 heterocycles. The second kappa shape index (κ2) is 10.0. The Labute approximate surface area is 191 Å². The van der Waals surface area contributed by atoms with Crippen LogP contribution in [0.5, 0.6) is 5.75 Å². The Morgan fingerprint density at radius 1 is 1.12 bits per heavy atom. The molecule has 0 radical (unpaired) electrons. The number of ether oxygens (including phenoxy) is 1. The van der Waals surface area contributed by atoms with E-state index in [2.05, 4.69) is 26.8 Å². The first-order valence-corrected chi connectivity index (χ1v) is 11.3. The lowest BCUT2D eigenvalue weighted by Gasteiger charge is -2.35. The van der Waals surface area contributed by atoms with Gasteiger partial charge in [0.2, 0.25) is 5.95 Å². The Bertz CT molecular complexity index is 1060. The number of unbranched alkanes of at least 4 members (excludes halogenated alkanes) is 2. The minimum Gasteiger partial charge on any atom is -0.484 e. The highest BCUT2D eigenvalue weighted by molar-refractivity contribution is 6.30. The van der Waals surface area contributed by atoms with Gasteiger partial charge in [0.05, 0.1) is 0 Å². The number of oxazole rings is 1. The molecular weight excluding hydrogens is 432 g/mol. The largest absolute Gasteiger partial charge is 0.484 e. The van der Waals surface area contributed by atoms with Gasteiger partial charge in [-0.15, -0.1) is 0 Å². The van der Waals surface area contributed by atoms with Gasteiger partial charge in [-0.3, -0.25) is 4.79 Å². The Balaban J connectivity index is 1.37. The van der Waals surface area contributed by atoms with Crippen molar-refractivity contribution in [3.05, 3.63) is 35.2 Å². The number of carbonyl (C=O) groups is 1. The summed E-state index contributed by atoms with van der Waals surface area (Å²) in [4.78, 5) is 29.7. The molecule has 0 atom stereocenters. The van der Waals surface area contributed by atoms with Gasteiger partial charge in [0.25, 0.3) is 11.6 Å². The van der Waals surface area contributed by atoms with Crippen LogP contribution in [0.4, 0.5) is 11.8 Å². The maximum absolute atomic E-state index is 12.6. The van der Waals surface area contributed by atoms with Gasteiger partial charge in [-0.1, -0.05) is 31.4 Å². The number of nitrogen functional groups attached to an aromatic ring is 1. The highest BCUT2D eigenvalue weighted by Gasteiger charge is 2.25. The van der Waals surface area contributed by atoms with Gasteiger partial charge in [-0.25, -0.2) is 4.98 Å². The summed E-state index contributed by atoms with van der Waals surface area (Å²) in [5.41, 5.74) is 6.95. The number of piperazine rings is 1. The molecule has 170 valence electrons. The number of nitrogens with zero attached hydrogens (tertiary/aromatic N) is 5. The molecule has 0 saturated carbocycles. The smallest absolute Gasteiger partial charge is 0.260 e. The molecule has 1 saturated heterocycles. The van der Waals surface area contributed by atoms with Crippen LogP contribution >= 0.6 is 11.6 Å². The highest BCUT2D eigenvalue weighted by atomic mass is 35.5. The van der Waals surface area contributed by atoms with Crippen LogP contribution in [0.2, 0.25) is 5.02 Å². The molecule has 3 aromatic rings. The van der Waals surface area contributed by atoms with Crippen molar-refractivity contribution in [3.63, 3.8) is 0 Å². The molecule has 1 aromatic carbocycles. The van der Waals surface area contributed by atoms with Gasteiger partial charge >= 0.3 is 0 Å². The van der Waals surface area contributed by atoms with E-state index in [1.54, 1.807) is 29.2 Å². The number of hydrogen-bond acceptors (Lipinski definition) is 8. The fraction of sp³-hybridized carbons (Fsp3) is 0.455. The molecule has 1 aliphatic rings. The number of fused-ring (bicyclic) bond motifs is 1. The second-order valence-electron chi connectivity index (χ2n) is 7.73. The van der Waals surface area contributed by atoms with Crippen molar-refractivity contribution in [2.45, 2.75) is 32.6 Å². The summed E-state index contributed by atoms with van der Waals surface area (Å²) in [5, 5.41) is 0.624. The van der Waals surface area contributed by atoms with Crippen molar-refractivity contribution in [3.8, 4) is 5.75 Å². The van der Waals surface area contributed by atoms with Crippen molar-refractivity contribution in [1.82, 2.24) is 19.9 Å². The number of hydrogen-bond donors (Lipinski definition) is 1. The van der Waals surface area contributed by atoms with Crippen LogP contribution in [0.25, 0.3) is 11.2 Å². The minimum absolute atomic E-state index is 0.0171. The topological polar surface area (TPSA) is 111 Å². The maximum atomic E-state index is 12.6. The van der Waals surface area contributed by atoms with Crippen molar-refractivity contribution in [2.24, 2.45) is 0 Å². The van der Waals surface area contributed by atoms with Crippen LogP contribution in [0.3, 0.4) is 0 Å². The van der Waals surface area contributed by atoms with Crippen LogP contribution in [0.15, 0.2) is 28.7 Å². The molecule has 0 spiro atoms. The zero-order valence-corrected chi connectivity index (χ0v) is 18.8. The SMILES string of the molecule is CCCCCc1nc2c(N3CCN(C(=O)COc4ccc(Cl)cc4)CC3)nc(N)nc2o1. The first-order valence-electron chi connectivity index (χ1n) is 10.9. The van der Waals surface area contributed by atoms with E-state index in [4.69, 9.17) is 26.5 Å². The molecule has 0 aliphatic carbocycles. The van der Waals surface area contributed by atoms with E-state index in [9.17, 15) is 4.79 Å². The third-order valence-electron chi connectivity index (χ3n) is 5.40. The molecule has 10 heteroatoms. The van der Waals surface area contributed by atoms with Crippen LogP contribution in [-0.4, -0.2) is 58.5 Å². The van der Waals surface area contributed by atoms with Gasteiger partial charge in [0.1, 0.15) is 5.75 Å². The third-order valence-corrected chi connectivity index (χ3v) is 5.66. The van der Waals surface area contributed by atoms with Crippen molar-refractivity contribution in [2.75, 3.05) is 43.4 Å². The third kappa shape index (κ3) is 5.21. The Hall–Kier alpha value is -3.07. The summed E-state index contributed by atoms with van der Waals surface area (Å²) in [6.45, 7) is 4.46. The first kappa shape index (κ1) is 22.1. The molecule has 2 N–H and O–H groups in total. The molecular formula is C22H27ClN6O3. The van der Waals surface area contributed by atoms with E-state index in [0.29, 0.717) is 59.9 Å². The fourth-order valence-corrected chi connectivity index (χ4v) is 3.78. The Kier molecular flexibility index (Phi) is 6.94. The minimum atomic E-state index is -0.0633. The van der Waals surface area contributed by atoms with Crippen LogP contribution in [0, 0.1) is 0 Å². The molecule has 32 heavy (non-hydrogen) atoms. The number of anilines is 2. The lowest BCUT2D eigenvalue weighted by molar-refractivity contribution is -0.133. The highest BCUT2D eigenvalue weighted by Crippen LogP contribution is 2.26. The van der Waals surface area contributed by atoms with Gasteiger partial charge < -0.3 is 24.7 Å². The van der Waals surface area contributed by atoms with E-state index >= 15 is 0 Å². The zero-order chi connectivity index (χ0) is 22.5. The number of carbonyl (C=O) groups excluding carboxylic acids is 1. The van der Waals surface area contributed by atoms with Crippen molar-refractivity contribution in [1.29, 1.82) is 0 Å². The van der Waals surface area contributed by atoms with E-state index < -0.39 is 0 Å². The maximum Gasteiger partial charge on any atom is 0.260 e. The second-order valence-corrected chi connectivity index (χ2v) is 8.17. The van der Waals surface area contributed by atoms with Crippen molar-refractivity contribution < 1.29 is 13.9 Å². The molecule has 0 bridgehead atoms. The zero-order valence-electron chi connectivity index (χ0n) is 18.1. The molecule has 0 unspecified atom stereocenters. The fourth-order valence-electron chi connectivity index (χ4n) is 3.66. The normalized spacial score (nSPS) is 14.2. The van der Waals surface area contributed by atoms with E-state index in [0.717, 1.165) is 25.7 Å². The van der Waals surface area contributed by atoms with Gasteiger partial charge in [0.15, 0.2) is 23.8 Å². The summed E-state index contributed by atoms with van der Waals surface area (Å²) in [7, 11) is 0. The van der Waals surface area contributed by atoms with Crippen LogP contribution in [0.1, 0.15) is 32.1 Å². The molecule has 1 amide bonds. The van der Waals surface area contributed by atoms with Crippen LogP contribution < -0.4 is 15.4 Å². The quantitative estimate of drug-likeness (QED) is 0.512. The van der Waals surface area contributed by atoms with E-state index in [-0.39, 0.29) is 18.5 Å². The average molecular weight is 459 g/mol. The molecule has 4 rings (SSSR count). The van der Waals surface area contributed by atoms with E-state index in [1.165, 1.54) is 0 Å².